The van der Waals surface area contributed by atoms with Crippen molar-refractivity contribution in [1.29, 1.82) is 0 Å². The van der Waals surface area contributed by atoms with Gasteiger partial charge in [-0.3, -0.25) is 14.5 Å². The summed E-state index contributed by atoms with van der Waals surface area (Å²) in [5.74, 6) is -1.65. The van der Waals surface area contributed by atoms with Crippen LogP contribution in [-0.2, 0) is 9.59 Å². The predicted molar refractivity (Wildman–Crippen MR) is 144 cm³/mol. The maximum Gasteiger partial charge on any atom is 0.300 e. The summed E-state index contributed by atoms with van der Waals surface area (Å²) in [7, 11) is 0. The van der Waals surface area contributed by atoms with Gasteiger partial charge in [-0.1, -0.05) is 96.5 Å². The third-order valence-corrected chi connectivity index (χ3v) is 6.91. The van der Waals surface area contributed by atoms with Crippen LogP contribution in [0.15, 0.2) is 115 Å². The van der Waals surface area contributed by atoms with E-state index in [1.54, 1.807) is 30.3 Å². The van der Waals surface area contributed by atoms with Crippen molar-refractivity contribution in [3.63, 3.8) is 0 Å². The number of halogens is 1. The molecule has 174 valence electrons. The van der Waals surface area contributed by atoms with Gasteiger partial charge in [0.15, 0.2) is 0 Å². The molecule has 1 N–H and O–H groups in total. The zero-order valence-corrected chi connectivity index (χ0v) is 19.8. The molecular weight excluding hydrogens is 470 g/mol. The van der Waals surface area contributed by atoms with Crippen LogP contribution in [0.4, 0.5) is 5.69 Å². The summed E-state index contributed by atoms with van der Waals surface area (Å²) < 4.78 is 0. The lowest BCUT2D eigenvalue weighted by atomic mass is 9.91. The fourth-order valence-corrected chi connectivity index (χ4v) is 5.18. The van der Waals surface area contributed by atoms with Crippen molar-refractivity contribution in [2.45, 2.75) is 6.04 Å². The molecule has 0 aliphatic carbocycles. The molecule has 1 amide bonds. The lowest BCUT2D eigenvalue weighted by molar-refractivity contribution is -0.132. The van der Waals surface area contributed by atoms with Crippen molar-refractivity contribution < 1.29 is 14.7 Å². The maximum absolute atomic E-state index is 13.5. The highest BCUT2D eigenvalue weighted by Crippen LogP contribution is 2.44. The van der Waals surface area contributed by atoms with E-state index in [9.17, 15) is 14.7 Å². The van der Waals surface area contributed by atoms with Crippen molar-refractivity contribution in [2.75, 3.05) is 4.90 Å². The number of carbonyl (C=O) groups excluding carboxylic acids is 2. The van der Waals surface area contributed by atoms with E-state index in [1.165, 1.54) is 4.90 Å². The number of carbonyl (C=O) groups is 2. The molecule has 0 aromatic heterocycles. The Kier molecular flexibility index (Phi) is 5.32. The Labute approximate surface area is 212 Å². The summed E-state index contributed by atoms with van der Waals surface area (Å²) in [6, 6.07) is 32.8. The number of amides is 1. The molecule has 0 bridgehead atoms. The lowest BCUT2D eigenvalue weighted by Gasteiger charge is -2.26. The van der Waals surface area contributed by atoms with Crippen molar-refractivity contribution in [3.8, 4) is 0 Å². The summed E-state index contributed by atoms with van der Waals surface area (Å²) in [5.41, 5.74) is 1.75. The number of hydrogen-bond donors (Lipinski definition) is 1. The van der Waals surface area contributed by atoms with Crippen LogP contribution in [0.25, 0.3) is 27.3 Å². The smallest absolute Gasteiger partial charge is 0.300 e. The normalized spacial score (nSPS) is 17.2. The summed E-state index contributed by atoms with van der Waals surface area (Å²) in [5, 5.41) is 15.8. The second-order valence-corrected chi connectivity index (χ2v) is 9.22. The van der Waals surface area contributed by atoms with Crippen LogP contribution in [0.1, 0.15) is 17.2 Å². The Morgan fingerprint density at radius 1 is 0.722 bits per heavy atom. The number of nitrogens with zero attached hydrogens (tertiary/aromatic N) is 1. The lowest BCUT2D eigenvalue weighted by Crippen LogP contribution is -2.29. The number of aliphatic hydroxyl groups excluding tert-OH is 1. The number of ketones is 1. The molecular formula is C31H20ClNO3. The van der Waals surface area contributed by atoms with E-state index in [2.05, 4.69) is 0 Å². The molecule has 4 nitrogen and oxygen atoms in total. The van der Waals surface area contributed by atoms with Gasteiger partial charge in [0.2, 0.25) is 0 Å². The second kappa shape index (κ2) is 8.67. The first-order chi connectivity index (χ1) is 17.5. The summed E-state index contributed by atoms with van der Waals surface area (Å²) >= 11 is 6.26. The summed E-state index contributed by atoms with van der Waals surface area (Å²) in [6.07, 6.45) is 0. The highest BCUT2D eigenvalue weighted by Gasteiger charge is 2.47. The largest absolute Gasteiger partial charge is 0.507 e. The van der Waals surface area contributed by atoms with E-state index < -0.39 is 17.7 Å². The van der Waals surface area contributed by atoms with Crippen LogP contribution >= 0.6 is 11.6 Å². The Balaban J connectivity index is 1.64. The van der Waals surface area contributed by atoms with Crippen molar-refractivity contribution in [1.82, 2.24) is 0 Å². The Morgan fingerprint density at radius 3 is 2.22 bits per heavy atom. The topological polar surface area (TPSA) is 57.6 Å². The highest BCUT2D eigenvalue weighted by atomic mass is 35.5. The monoisotopic (exact) mass is 489 g/mol. The molecule has 1 aliphatic heterocycles. The molecule has 1 fully saturated rings. The van der Waals surface area contributed by atoms with Crippen LogP contribution in [0.2, 0.25) is 5.02 Å². The number of rotatable bonds is 3. The molecule has 1 unspecified atom stereocenters. The fraction of sp³-hybridized carbons (Fsp3) is 0.0323. The molecule has 0 radical (unpaired) electrons. The molecule has 0 saturated carbocycles. The summed E-state index contributed by atoms with van der Waals surface area (Å²) in [4.78, 5) is 28.4. The quantitative estimate of drug-likeness (QED) is 0.165. The SMILES string of the molecule is O=C1C(=O)N(c2cccc(Cl)c2)C(c2cccc3ccccc23)/C1=C(/O)c1ccc2ccccc2c1. The molecule has 1 aliphatic rings. The number of benzene rings is 5. The molecule has 0 spiro atoms. The minimum atomic E-state index is -0.832. The first-order valence-electron chi connectivity index (χ1n) is 11.6. The van der Waals surface area contributed by atoms with E-state index >= 15 is 0 Å². The molecule has 1 atom stereocenters. The molecule has 5 aromatic rings. The van der Waals surface area contributed by atoms with Crippen molar-refractivity contribution >= 4 is 56.3 Å². The van der Waals surface area contributed by atoms with E-state index in [0.717, 1.165) is 27.1 Å². The zero-order chi connectivity index (χ0) is 24.8. The number of hydrogen-bond acceptors (Lipinski definition) is 3. The number of aliphatic hydroxyl groups is 1. The van der Waals surface area contributed by atoms with Gasteiger partial charge in [-0.25, -0.2) is 0 Å². The van der Waals surface area contributed by atoms with Crippen LogP contribution in [0.5, 0.6) is 0 Å². The van der Waals surface area contributed by atoms with E-state index in [0.29, 0.717) is 16.3 Å². The van der Waals surface area contributed by atoms with Gasteiger partial charge < -0.3 is 5.11 Å². The van der Waals surface area contributed by atoms with Gasteiger partial charge in [0.1, 0.15) is 5.76 Å². The average Bonchev–Trinajstić information content (AvgIpc) is 3.17. The summed E-state index contributed by atoms with van der Waals surface area (Å²) in [6.45, 7) is 0. The van der Waals surface area contributed by atoms with Gasteiger partial charge in [0, 0.05) is 16.3 Å². The maximum atomic E-state index is 13.5. The van der Waals surface area contributed by atoms with Gasteiger partial charge in [-0.05, 0) is 51.4 Å². The first kappa shape index (κ1) is 22.1. The van der Waals surface area contributed by atoms with Crippen LogP contribution < -0.4 is 4.90 Å². The molecule has 36 heavy (non-hydrogen) atoms. The first-order valence-corrected chi connectivity index (χ1v) is 11.9. The van der Waals surface area contributed by atoms with Gasteiger partial charge in [0.05, 0.1) is 11.6 Å². The minimum Gasteiger partial charge on any atom is -0.507 e. The fourth-order valence-electron chi connectivity index (χ4n) is 5.00. The third kappa shape index (κ3) is 3.55. The minimum absolute atomic E-state index is 0.0478. The van der Waals surface area contributed by atoms with Crippen LogP contribution in [0.3, 0.4) is 0 Å². The molecule has 1 heterocycles. The van der Waals surface area contributed by atoms with E-state index in [-0.39, 0.29) is 11.3 Å². The van der Waals surface area contributed by atoms with Gasteiger partial charge in [-0.15, -0.1) is 0 Å². The third-order valence-electron chi connectivity index (χ3n) is 6.67. The number of Topliss-reactive ketones (excluding diaryl/α,β-unsaturated/α-hetero) is 1. The average molecular weight is 490 g/mol. The van der Waals surface area contributed by atoms with E-state index in [1.807, 2.05) is 78.9 Å². The van der Waals surface area contributed by atoms with Gasteiger partial charge in [-0.2, -0.15) is 0 Å². The second-order valence-electron chi connectivity index (χ2n) is 8.78. The van der Waals surface area contributed by atoms with Crippen LogP contribution in [-0.4, -0.2) is 16.8 Å². The number of fused-ring (bicyclic) bond motifs is 2. The van der Waals surface area contributed by atoms with Crippen molar-refractivity contribution in [2.24, 2.45) is 0 Å². The van der Waals surface area contributed by atoms with Gasteiger partial charge in [0.25, 0.3) is 11.7 Å². The van der Waals surface area contributed by atoms with Crippen LogP contribution in [0, 0.1) is 0 Å². The zero-order valence-electron chi connectivity index (χ0n) is 19.1. The predicted octanol–water partition coefficient (Wildman–Crippen LogP) is 7.27. The molecule has 5 aromatic carbocycles. The Hall–Kier alpha value is -4.41. The Morgan fingerprint density at radius 2 is 1.42 bits per heavy atom. The Bertz CT molecular complexity index is 1720. The highest BCUT2D eigenvalue weighted by molar-refractivity contribution is 6.52. The molecule has 6 rings (SSSR count). The standard InChI is InChI=1S/C31H20ClNO3/c32-23-11-6-12-24(18-23)33-28(26-14-5-10-20-8-3-4-13-25(20)26)27(30(35)31(33)36)29(34)22-16-15-19-7-1-2-9-21(19)17-22/h1-18,28,34H/b29-27-. The van der Waals surface area contributed by atoms with E-state index in [4.69, 9.17) is 11.6 Å². The number of anilines is 1. The van der Waals surface area contributed by atoms with Gasteiger partial charge >= 0.3 is 0 Å². The van der Waals surface area contributed by atoms with Crippen molar-refractivity contribution in [3.05, 3.63) is 131 Å². The molecule has 5 heteroatoms. The molecule has 1 saturated heterocycles.